The minimum absolute atomic E-state index is 0.0982. The van der Waals surface area contributed by atoms with E-state index < -0.39 is 0 Å². The van der Waals surface area contributed by atoms with Crippen molar-refractivity contribution in [1.29, 1.82) is 0 Å². The van der Waals surface area contributed by atoms with E-state index in [0.29, 0.717) is 6.54 Å². The smallest absolute Gasteiger partial charge is 0.321 e. The predicted molar refractivity (Wildman–Crippen MR) is 103 cm³/mol. The molecule has 1 fully saturated rings. The molecule has 1 saturated heterocycles. The number of nitrogens with zero attached hydrogens (tertiary/aromatic N) is 3. The predicted octanol–water partition coefficient (Wildman–Crippen LogP) is 4.10. The van der Waals surface area contributed by atoms with E-state index in [4.69, 9.17) is 0 Å². The van der Waals surface area contributed by atoms with Crippen molar-refractivity contribution in [1.82, 2.24) is 14.8 Å². The first-order valence-electron chi connectivity index (χ1n) is 8.85. The van der Waals surface area contributed by atoms with Crippen molar-refractivity contribution in [2.24, 2.45) is 0 Å². The first-order chi connectivity index (χ1) is 12.1. The van der Waals surface area contributed by atoms with Crippen LogP contribution in [-0.4, -0.2) is 41.0 Å². The van der Waals surface area contributed by atoms with E-state index in [1.165, 1.54) is 24.8 Å². The van der Waals surface area contributed by atoms with Crippen LogP contribution in [0.4, 0.5) is 10.5 Å². The van der Waals surface area contributed by atoms with Crippen LogP contribution in [-0.2, 0) is 13.1 Å². The van der Waals surface area contributed by atoms with Crippen LogP contribution in [0.15, 0.2) is 29.6 Å². The van der Waals surface area contributed by atoms with Gasteiger partial charge < -0.3 is 10.2 Å². The molecule has 0 bridgehead atoms. The lowest BCUT2D eigenvalue weighted by Crippen LogP contribution is -2.32. The highest BCUT2D eigenvalue weighted by atomic mass is 32.1. The standard InChI is InChI=1S/C19H26N4OS/c1-15-14-25-18(20-15)13-22(2)19(24)21-17-9-5-4-8-16(17)12-23-10-6-3-7-11-23/h4-5,8-9,14H,3,6-7,10-13H2,1-2H3,(H,21,24). The maximum Gasteiger partial charge on any atom is 0.321 e. The van der Waals surface area contributed by atoms with Gasteiger partial charge in [-0.05, 0) is 44.5 Å². The lowest BCUT2D eigenvalue weighted by molar-refractivity contribution is 0.218. The summed E-state index contributed by atoms with van der Waals surface area (Å²) in [6, 6.07) is 8.00. The maximum absolute atomic E-state index is 12.5. The number of likely N-dealkylation sites (tertiary alicyclic amines) is 1. The Morgan fingerprint density at radius 2 is 2.04 bits per heavy atom. The summed E-state index contributed by atoms with van der Waals surface area (Å²) < 4.78 is 0. The number of para-hydroxylation sites is 1. The van der Waals surface area contributed by atoms with Crippen LogP contribution in [0.2, 0.25) is 0 Å². The number of carbonyl (C=O) groups excluding carboxylic acids is 1. The third-order valence-electron chi connectivity index (χ3n) is 4.49. The summed E-state index contributed by atoms with van der Waals surface area (Å²) in [5.74, 6) is 0. The number of benzene rings is 1. The number of aryl methyl sites for hydroxylation is 1. The van der Waals surface area contributed by atoms with Crippen LogP contribution in [0, 0.1) is 6.92 Å². The normalized spacial score (nSPS) is 15.1. The fraction of sp³-hybridized carbons (Fsp3) is 0.474. The van der Waals surface area contributed by atoms with Crippen LogP contribution in [0.3, 0.4) is 0 Å². The third-order valence-corrected chi connectivity index (χ3v) is 5.44. The third kappa shape index (κ3) is 5.03. The van der Waals surface area contributed by atoms with Gasteiger partial charge in [0.2, 0.25) is 0 Å². The molecule has 134 valence electrons. The average Bonchev–Trinajstić information content (AvgIpc) is 3.02. The van der Waals surface area contributed by atoms with Gasteiger partial charge in [-0.3, -0.25) is 4.90 Å². The molecule has 0 spiro atoms. The number of aromatic nitrogens is 1. The number of piperidine rings is 1. The molecule has 0 aliphatic carbocycles. The Morgan fingerprint density at radius 1 is 1.28 bits per heavy atom. The summed E-state index contributed by atoms with van der Waals surface area (Å²) in [6.45, 7) is 5.68. The van der Waals surface area contributed by atoms with Crippen LogP contribution in [0.25, 0.3) is 0 Å². The second kappa shape index (κ2) is 8.45. The minimum Gasteiger partial charge on any atom is -0.321 e. The summed E-state index contributed by atoms with van der Waals surface area (Å²) in [5.41, 5.74) is 3.08. The number of thiazole rings is 1. The number of hydrogen-bond acceptors (Lipinski definition) is 4. The van der Waals surface area contributed by atoms with Crippen LogP contribution >= 0.6 is 11.3 Å². The molecule has 1 aromatic heterocycles. The van der Waals surface area contributed by atoms with Gasteiger partial charge in [-0.2, -0.15) is 0 Å². The second-order valence-electron chi connectivity index (χ2n) is 6.66. The molecule has 0 atom stereocenters. The zero-order valence-corrected chi connectivity index (χ0v) is 15.8. The van der Waals surface area contributed by atoms with Gasteiger partial charge in [-0.25, -0.2) is 9.78 Å². The number of hydrogen-bond donors (Lipinski definition) is 1. The largest absolute Gasteiger partial charge is 0.321 e. The van der Waals surface area contributed by atoms with Gasteiger partial charge in [0.25, 0.3) is 0 Å². The van der Waals surface area contributed by atoms with Gasteiger partial charge in [0.05, 0.1) is 6.54 Å². The lowest BCUT2D eigenvalue weighted by Gasteiger charge is -2.27. The average molecular weight is 359 g/mol. The molecule has 0 unspecified atom stereocenters. The molecular formula is C19H26N4OS. The molecule has 1 aliphatic rings. The van der Waals surface area contributed by atoms with E-state index in [9.17, 15) is 4.79 Å². The van der Waals surface area contributed by atoms with Crippen LogP contribution < -0.4 is 5.32 Å². The van der Waals surface area contributed by atoms with E-state index in [1.807, 2.05) is 30.5 Å². The van der Waals surface area contributed by atoms with Crippen molar-refractivity contribution < 1.29 is 4.79 Å². The zero-order chi connectivity index (χ0) is 17.6. The van der Waals surface area contributed by atoms with Crippen molar-refractivity contribution in [3.63, 3.8) is 0 Å². The first kappa shape index (κ1) is 17.9. The van der Waals surface area contributed by atoms with Crippen molar-refractivity contribution in [2.75, 3.05) is 25.5 Å². The Hall–Kier alpha value is -1.92. The van der Waals surface area contributed by atoms with E-state index in [1.54, 1.807) is 23.3 Å². The van der Waals surface area contributed by atoms with Gasteiger partial charge in [0.1, 0.15) is 5.01 Å². The fourth-order valence-corrected chi connectivity index (χ4v) is 3.92. The molecule has 2 heterocycles. The van der Waals surface area contributed by atoms with E-state index in [2.05, 4.69) is 21.3 Å². The molecule has 25 heavy (non-hydrogen) atoms. The van der Waals surface area contributed by atoms with E-state index in [-0.39, 0.29) is 6.03 Å². The SMILES string of the molecule is Cc1csc(CN(C)C(=O)Nc2ccccc2CN2CCCCC2)n1. The Bertz CT molecular complexity index is 709. The van der Waals surface area contributed by atoms with Crippen LogP contribution in [0.1, 0.15) is 35.5 Å². The van der Waals surface area contributed by atoms with Gasteiger partial charge in [-0.1, -0.05) is 24.6 Å². The molecule has 6 heteroatoms. The summed E-state index contributed by atoms with van der Waals surface area (Å²) >= 11 is 1.59. The van der Waals surface area contributed by atoms with E-state index in [0.717, 1.165) is 36.0 Å². The quantitative estimate of drug-likeness (QED) is 0.875. The highest BCUT2D eigenvalue weighted by Crippen LogP contribution is 2.20. The molecule has 1 N–H and O–H groups in total. The molecule has 1 aromatic carbocycles. The van der Waals surface area contributed by atoms with Gasteiger partial charge in [0, 0.05) is 30.4 Å². The Morgan fingerprint density at radius 3 is 2.76 bits per heavy atom. The Balaban J connectivity index is 1.62. The van der Waals surface area contributed by atoms with Gasteiger partial charge >= 0.3 is 6.03 Å². The number of anilines is 1. The molecule has 5 nitrogen and oxygen atoms in total. The molecule has 2 aromatic rings. The second-order valence-corrected chi connectivity index (χ2v) is 7.61. The number of nitrogens with one attached hydrogen (secondary N) is 1. The van der Waals surface area contributed by atoms with Crippen molar-refractivity contribution >= 4 is 23.1 Å². The minimum atomic E-state index is -0.0982. The van der Waals surface area contributed by atoms with Gasteiger partial charge in [0.15, 0.2) is 0 Å². The number of amides is 2. The van der Waals surface area contributed by atoms with Crippen molar-refractivity contribution in [2.45, 2.75) is 39.3 Å². The summed E-state index contributed by atoms with van der Waals surface area (Å²) in [6.07, 6.45) is 3.87. The first-order valence-corrected chi connectivity index (χ1v) is 9.73. The van der Waals surface area contributed by atoms with Gasteiger partial charge in [-0.15, -0.1) is 11.3 Å². The Labute approximate surface area is 153 Å². The summed E-state index contributed by atoms with van der Waals surface area (Å²) in [4.78, 5) is 21.1. The molecule has 1 aliphatic heterocycles. The molecule has 0 saturated carbocycles. The summed E-state index contributed by atoms with van der Waals surface area (Å²) in [5, 5.41) is 6.03. The number of urea groups is 1. The Kier molecular flexibility index (Phi) is 6.04. The molecular weight excluding hydrogens is 332 g/mol. The number of rotatable bonds is 5. The highest BCUT2D eigenvalue weighted by molar-refractivity contribution is 7.09. The topological polar surface area (TPSA) is 48.5 Å². The lowest BCUT2D eigenvalue weighted by atomic mass is 10.1. The number of carbonyl (C=O) groups is 1. The van der Waals surface area contributed by atoms with Crippen LogP contribution in [0.5, 0.6) is 0 Å². The zero-order valence-electron chi connectivity index (χ0n) is 15.0. The highest BCUT2D eigenvalue weighted by Gasteiger charge is 2.15. The monoisotopic (exact) mass is 358 g/mol. The maximum atomic E-state index is 12.5. The summed E-state index contributed by atoms with van der Waals surface area (Å²) in [7, 11) is 1.80. The van der Waals surface area contributed by atoms with Crippen molar-refractivity contribution in [3.8, 4) is 0 Å². The van der Waals surface area contributed by atoms with Crippen molar-refractivity contribution in [3.05, 3.63) is 45.9 Å². The fourth-order valence-electron chi connectivity index (χ4n) is 3.10. The van der Waals surface area contributed by atoms with E-state index >= 15 is 0 Å². The molecule has 0 radical (unpaired) electrons. The molecule has 3 rings (SSSR count). The molecule has 2 amide bonds.